The Morgan fingerprint density at radius 2 is 1.50 bits per heavy atom. The minimum atomic E-state index is -3.67. The molecule has 0 fully saturated rings. The van der Waals surface area contributed by atoms with Crippen molar-refractivity contribution in [2.45, 2.75) is 5.79 Å². The van der Waals surface area contributed by atoms with Gasteiger partial charge in [0, 0.05) is 7.05 Å². The Kier molecular flexibility index (Phi) is 4.05. The Labute approximate surface area is 87.1 Å². The summed E-state index contributed by atoms with van der Waals surface area (Å²) in [6, 6.07) is -1.00. The SMILES string of the molecule is CNC(=O)NCC([N+](=O)[O-])([N+](=O)[O-])[N+](=O)[O-]. The van der Waals surface area contributed by atoms with Crippen molar-refractivity contribution >= 4 is 6.03 Å². The maximum atomic E-state index is 10.6. The normalized spacial score (nSPS) is 10.3. The lowest BCUT2D eigenvalue weighted by molar-refractivity contribution is -0.966. The van der Waals surface area contributed by atoms with Gasteiger partial charge in [0.1, 0.15) is 0 Å². The number of carbonyl (C=O) groups excluding carboxylic acids is 1. The zero-order valence-corrected chi connectivity index (χ0v) is 7.91. The highest BCUT2D eigenvalue weighted by Crippen LogP contribution is 2.10. The van der Waals surface area contributed by atoms with E-state index in [0.717, 1.165) is 7.05 Å². The lowest BCUT2D eigenvalue weighted by atomic mass is 10.4. The fourth-order valence-electron chi connectivity index (χ4n) is 0.681. The second-order valence-electron chi connectivity index (χ2n) is 2.48. The first kappa shape index (κ1) is 13.5. The Morgan fingerprint density at radius 3 is 1.75 bits per heavy atom. The van der Waals surface area contributed by atoms with Crippen LogP contribution in [0, 0.1) is 30.3 Å². The molecule has 0 aliphatic heterocycles. The number of hydrogen-bond donors (Lipinski definition) is 2. The van der Waals surface area contributed by atoms with Crippen LogP contribution in [0.1, 0.15) is 0 Å². The molecule has 0 aromatic carbocycles. The molecule has 0 unspecified atom stereocenters. The number of nitro groups is 3. The zero-order valence-electron chi connectivity index (χ0n) is 7.91. The number of urea groups is 1. The van der Waals surface area contributed by atoms with Crippen LogP contribution in [-0.2, 0) is 0 Å². The van der Waals surface area contributed by atoms with Gasteiger partial charge in [0.05, 0.1) is 0 Å². The highest BCUT2D eigenvalue weighted by molar-refractivity contribution is 5.73. The van der Waals surface area contributed by atoms with E-state index in [1.54, 1.807) is 5.32 Å². The molecule has 0 aromatic rings. The molecular weight excluding hydrogens is 230 g/mol. The van der Waals surface area contributed by atoms with Crippen molar-refractivity contribution < 1.29 is 19.6 Å². The van der Waals surface area contributed by atoms with Gasteiger partial charge in [0.2, 0.25) is 6.54 Å². The molecule has 0 saturated carbocycles. The number of carbonyl (C=O) groups is 1. The number of hydrogen-bond acceptors (Lipinski definition) is 7. The molecule has 12 heteroatoms. The van der Waals surface area contributed by atoms with Gasteiger partial charge in [-0.2, -0.15) is 0 Å². The first-order valence-electron chi connectivity index (χ1n) is 3.68. The van der Waals surface area contributed by atoms with E-state index in [1.807, 2.05) is 5.32 Å². The van der Waals surface area contributed by atoms with Crippen molar-refractivity contribution in [3.63, 3.8) is 0 Å². The molecule has 12 nitrogen and oxygen atoms in total. The summed E-state index contributed by atoms with van der Waals surface area (Å²) in [6.45, 7) is -1.36. The van der Waals surface area contributed by atoms with Crippen LogP contribution in [0.25, 0.3) is 0 Å². The maximum absolute atomic E-state index is 10.6. The molecule has 0 saturated heterocycles. The minimum absolute atomic E-state index is 1.00. The number of rotatable bonds is 5. The summed E-state index contributed by atoms with van der Waals surface area (Å²) in [5.74, 6) is -3.67. The summed E-state index contributed by atoms with van der Waals surface area (Å²) >= 11 is 0. The third-order valence-corrected chi connectivity index (χ3v) is 1.59. The quantitative estimate of drug-likeness (QED) is 0.329. The average molecular weight is 237 g/mol. The fraction of sp³-hybridized carbons (Fsp3) is 0.750. The molecule has 0 atom stereocenters. The van der Waals surface area contributed by atoms with Gasteiger partial charge in [-0.25, -0.2) is 4.79 Å². The monoisotopic (exact) mass is 237 g/mol. The van der Waals surface area contributed by atoms with Crippen molar-refractivity contribution in [3.8, 4) is 0 Å². The van der Waals surface area contributed by atoms with Gasteiger partial charge in [0.15, 0.2) is 14.8 Å². The number of amides is 2. The minimum Gasteiger partial charge on any atom is -0.341 e. The third kappa shape index (κ3) is 2.28. The van der Waals surface area contributed by atoms with Crippen LogP contribution in [0.4, 0.5) is 4.79 Å². The molecule has 0 rings (SSSR count). The van der Waals surface area contributed by atoms with Gasteiger partial charge in [0.25, 0.3) is 0 Å². The Hall–Kier alpha value is -2.53. The molecule has 0 aliphatic carbocycles. The maximum Gasteiger partial charge on any atom is 0.717 e. The van der Waals surface area contributed by atoms with Crippen LogP contribution in [-0.4, -0.2) is 40.2 Å². The molecular formula is C4H7N5O7. The topological polar surface area (TPSA) is 171 Å². The summed E-state index contributed by atoms with van der Waals surface area (Å²) in [4.78, 5) is 36.7. The fourth-order valence-corrected chi connectivity index (χ4v) is 0.681. The largest absolute Gasteiger partial charge is 0.717 e. The summed E-state index contributed by atoms with van der Waals surface area (Å²) < 4.78 is 0. The van der Waals surface area contributed by atoms with Crippen molar-refractivity contribution in [1.29, 1.82) is 0 Å². The predicted octanol–water partition coefficient (Wildman–Crippen LogP) is -1.60. The average Bonchev–Trinajstić information content (AvgIpc) is 2.16. The Balaban J connectivity index is 5.07. The van der Waals surface area contributed by atoms with Crippen LogP contribution in [0.2, 0.25) is 0 Å². The van der Waals surface area contributed by atoms with E-state index in [0.29, 0.717) is 0 Å². The highest BCUT2D eigenvalue weighted by atomic mass is 16.7. The van der Waals surface area contributed by atoms with Crippen LogP contribution in [0.5, 0.6) is 0 Å². The van der Waals surface area contributed by atoms with Crippen molar-refractivity contribution in [2.24, 2.45) is 0 Å². The first-order chi connectivity index (χ1) is 7.28. The molecule has 0 aliphatic rings. The van der Waals surface area contributed by atoms with Gasteiger partial charge < -0.3 is 10.6 Å². The van der Waals surface area contributed by atoms with Crippen molar-refractivity contribution in [3.05, 3.63) is 30.3 Å². The standard InChI is InChI=1S/C4H7N5O7/c1-5-3(10)6-2-4(7(11)12,8(13)14)9(15)16/h2H2,1H3,(H2,5,6,10). The van der Waals surface area contributed by atoms with E-state index in [1.165, 1.54) is 0 Å². The van der Waals surface area contributed by atoms with E-state index < -0.39 is 33.1 Å². The van der Waals surface area contributed by atoms with Crippen LogP contribution >= 0.6 is 0 Å². The molecule has 0 heterocycles. The second-order valence-corrected chi connectivity index (χ2v) is 2.48. The zero-order chi connectivity index (χ0) is 12.9. The molecule has 2 amide bonds. The van der Waals surface area contributed by atoms with Crippen LogP contribution < -0.4 is 10.6 Å². The van der Waals surface area contributed by atoms with Gasteiger partial charge in [-0.05, 0) is 0 Å². The smallest absolute Gasteiger partial charge is 0.341 e. The Bertz CT molecular complexity index is 304. The molecule has 0 radical (unpaired) electrons. The van der Waals surface area contributed by atoms with Crippen molar-refractivity contribution in [2.75, 3.05) is 13.6 Å². The van der Waals surface area contributed by atoms with Gasteiger partial charge in [-0.1, -0.05) is 0 Å². The molecule has 0 bridgehead atoms. The molecule has 90 valence electrons. The van der Waals surface area contributed by atoms with Gasteiger partial charge in [-0.15, -0.1) is 0 Å². The van der Waals surface area contributed by atoms with Gasteiger partial charge >= 0.3 is 11.8 Å². The predicted molar refractivity (Wildman–Crippen MR) is 46.2 cm³/mol. The first-order valence-corrected chi connectivity index (χ1v) is 3.68. The summed E-state index contributed by atoms with van der Waals surface area (Å²) in [7, 11) is 1.14. The van der Waals surface area contributed by atoms with E-state index in [9.17, 15) is 35.1 Å². The molecule has 0 aromatic heterocycles. The van der Waals surface area contributed by atoms with Gasteiger partial charge in [-0.3, -0.25) is 30.3 Å². The van der Waals surface area contributed by atoms with Crippen molar-refractivity contribution in [1.82, 2.24) is 10.6 Å². The molecule has 16 heavy (non-hydrogen) atoms. The Morgan fingerprint density at radius 1 is 1.12 bits per heavy atom. The van der Waals surface area contributed by atoms with Crippen LogP contribution in [0.15, 0.2) is 0 Å². The van der Waals surface area contributed by atoms with E-state index >= 15 is 0 Å². The van der Waals surface area contributed by atoms with Crippen LogP contribution in [0.3, 0.4) is 0 Å². The highest BCUT2D eigenvalue weighted by Gasteiger charge is 2.70. The van der Waals surface area contributed by atoms with E-state index in [4.69, 9.17) is 0 Å². The second kappa shape index (κ2) is 4.81. The third-order valence-electron chi connectivity index (χ3n) is 1.59. The van der Waals surface area contributed by atoms with E-state index in [-0.39, 0.29) is 0 Å². The lowest BCUT2D eigenvalue weighted by Crippen LogP contribution is -2.60. The number of nitrogens with zero attached hydrogens (tertiary/aromatic N) is 3. The summed E-state index contributed by atoms with van der Waals surface area (Å²) in [6.07, 6.45) is 0. The summed E-state index contributed by atoms with van der Waals surface area (Å²) in [5.41, 5.74) is 0. The molecule has 0 spiro atoms. The summed E-state index contributed by atoms with van der Waals surface area (Å²) in [5, 5.41) is 34.6. The number of nitrogens with one attached hydrogen (secondary N) is 2. The lowest BCUT2D eigenvalue weighted by Gasteiger charge is -2.09. The van der Waals surface area contributed by atoms with E-state index in [2.05, 4.69) is 0 Å². The molecule has 2 N–H and O–H groups in total.